The molecular weight excluding hydrogens is 242 g/mol. The van der Waals surface area contributed by atoms with Crippen molar-refractivity contribution in [2.75, 3.05) is 13.2 Å². The van der Waals surface area contributed by atoms with Gasteiger partial charge in [0.05, 0.1) is 6.10 Å². The van der Waals surface area contributed by atoms with Gasteiger partial charge < -0.3 is 20.3 Å². The Kier molecular flexibility index (Phi) is 3.37. The quantitative estimate of drug-likeness (QED) is 0.858. The Morgan fingerprint density at radius 3 is 2.47 bits per heavy atom. The number of ether oxygens (including phenoxy) is 2. The second-order valence-electron chi connectivity index (χ2n) is 5.60. The van der Waals surface area contributed by atoms with Crippen molar-refractivity contribution in [1.82, 2.24) is 0 Å². The zero-order chi connectivity index (χ0) is 13.3. The molecule has 0 spiro atoms. The molecule has 19 heavy (non-hydrogen) atoms. The van der Waals surface area contributed by atoms with E-state index < -0.39 is 11.6 Å². The maximum Gasteiger partial charge on any atom is 0.161 e. The van der Waals surface area contributed by atoms with Crippen molar-refractivity contribution in [3.8, 4) is 11.5 Å². The highest BCUT2D eigenvalue weighted by atomic mass is 16.6. The summed E-state index contributed by atoms with van der Waals surface area (Å²) in [4.78, 5) is 0. The second-order valence-corrected chi connectivity index (χ2v) is 5.60. The first-order valence-corrected chi connectivity index (χ1v) is 7.05. The number of rotatable bonds is 2. The van der Waals surface area contributed by atoms with Crippen LogP contribution in [0.25, 0.3) is 0 Å². The van der Waals surface area contributed by atoms with E-state index in [0.29, 0.717) is 19.0 Å². The molecule has 1 aliphatic carbocycles. The summed E-state index contributed by atoms with van der Waals surface area (Å²) >= 11 is 0. The van der Waals surface area contributed by atoms with Gasteiger partial charge >= 0.3 is 0 Å². The van der Waals surface area contributed by atoms with Gasteiger partial charge in [0.1, 0.15) is 13.2 Å². The van der Waals surface area contributed by atoms with E-state index in [0.717, 1.165) is 37.0 Å². The van der Waals surface area contributed by atoms with Crippen LogP contribution >= 0.6 is 0 Å². The summed E-state index contributed by atoms with van der Waals surface area (Å²) in [5, 5.41) is 10.6. The minimum Gasteiger partial charge on any atom is -0.486 e. The lowest BCUT2D eigenvalue weighted by Gasteiger charge is -2.38. The molecule has 4 heteroatoms. The predicted octanol–water partition coefficient (Wildman–Crippen LogP) is 2.15. The molecule has 0 saturated heterocycles. The van der Waals surface area contributed by atoms with Crippen molar-refractivity contribution in [2.45, 2.75) is 43.7 Å². The van der Waals surface area contributed by atoms with Crippen molar-refractivity contribution in [1.29, 1.82) is 0 Å². The Morgan fingerprint density at radius 1 is 1.05 bits per heavy atom. The van der Waals surface area contributed by atoms with Crippen LogP contribution in [0.4, 0.5) is 0 Å². The van der Waals surface area contributed by atoms with Gasteiger partial charge in [0, 0.05) is 5.54 Å². The molecule has 1 heterocycles. The maximum absolute atomic E-state index is 10.6. The first-order chi connectivity index (χ1) is 9.19. The average molecular weight is 263 g/mol. The Hall–Kier alpha value is -1.26. The zero-order valence-corrected chi connectivity index (χ0v) is 11.1. The van der Waals surface area contributed by atoms with Crippen LogP contribution in [-0.4, -0.2) is 23.9 Å². The van der Waals surface area contributed by atoms with Gasteiger partial charge in [-0.1, -0.05) is 25.3 Å². The minimum atomic E-state index is -0.636. The third kappa shape index (κ3) is 2.42. The number of hydrogen-bond acceptors (Lipinski definition) is 4. The van der Waals surface area contributed by atoms with Crippen LogP contribution < -0.4 is 15.2 Å². The molecule has 1 fully saturated rings. The molecule has 0 bridgehead atoms. The minimum absolute atomic E-state index is 0.498. The van der Waals surface area contributed by atoms with Gasteiger partial charge in [0.25, 0.3) is 0 Å². The highest BCUT2D eigenvalue weighted by Crippen LogP contribution is 2.39. The van der Waals surface area contributed by atoms with E-state index in [2.05, 4.69) is 0 Å². The lowest BCUT2D eigenvalue weighted by Crippen LogP contribution is -2.47. The lowest BCUT2D eigenvalue weighted by atomic mass is 9.76. The van der Waals surface area contributed by atoms with Gasteiger partial charge in [-0.25, -0.2) is 0 Å². The van der Waals surface area contributed by atoms with E-state index >= 15 is 0 Å². The third-order valence-electron chi connectivity index (χ3n) is 4.21. The van der Waals surface area contributed by atoms with Crippen LogP contribution in [0.15, 0.2) is 18.2 Å². The largest absolute Gasteiger partial charge is 0.486 e. The molecule has 1 aromatic rings. The van der Waals surface area contributed by atoms with Crippen LogP contribution in [0.3, 0.4) is 0 Å². The average Bonchev–Trinajstić information content (AvgIpc) is 2.47. The number of hydrogen-bond donors (Lipinski definition) is 2. The Bertz CT molecular complexity index is 455. The van der Waals surface area contributed by atoms with E-state index in [4.69, 9.17) is 15.2 Å². The topological polar surface area (TPSA) is 64.7 Å². The summed E-state index contributed by atoms with van der Waals surface area (Å²) in [6.07, 6.45) is 4.53. The molecule has 0 amide bonds. The summed E-state index contributed by atoms with van der Waals surface area (Å²) < 4.78 is 11.0. The molecule has 1 saturated carbocycles. The molecular formula is C15H21NO3. The molecule has 0 radical (unpaired) electrons. The summed E-state index contributed by atoms with van der Waals surface area (Å²) in [7, 11) is 0. The number of aliphatic hydroxyl groups excluding tert-OH is 1. The van der Waals surface area contributed by atoms with Gasteiger partial charge in [0.15, 0.2) is 11.5 Å². The van der Waals surface area contributed by atoms with Crippen LogP contribution in [0.2, 0.25) is 0 Å². The van der Waals surface area contributed by atoms with Crippen molar-refractivity contribution in [3.05, 3.63) is 23.8 Å². The number of aliphatic hydroxyl groups is 1. The van der Waals surface area contributed by atoms with E-state index in [9.17, 15) is 5.11 Å². The molecule has 104 valence electrons. The van der Waals surface area contributed by atoms with Gasteiger partial charge in [-0.3, -0.25) is 0 Å². The highest BCUT2D eigenvalue weighted by molar-refractivity contribution is 5.45. The standard InChI is InChI=1S/C15H21NO3/c16-15(6-2-1-3-7-15)14(17)11-4-5-12-13(10-11)19-9-8-18-12/h4-5,10,14,17H,1-3,6-9,16H2. The molecule has 3 N–H and O–H groups in total. The Balaban J connectivity index is 1.84. The van der Waals surface area contributed by atoms with Crippen molar-refractivity contribution < 1.29 is 14.6 Å². The highest BCUT2D eigenvalue weighted by Gasteiger charge is 2.36. The molecule has 3 rings (SSSR count). The first-order valence-electron chi connectivity index (χ1n) is 7.05. The molecule has 1 aromatic carbocycles. The second kappa shape index (κ2) is 5.02. The molecule has 4 nitrogen and oxygen atoms in total. The molecule has 2 aliphatic rings. The smallest absolute Gasteiger partial charge is 0.161 e. The van der Waals surface area contributed by atoms with Crippen molar-refractivity contribution in [2.24, 2.45) is 5.73 Å². The van der Waals surface area contributed by atoms with Gasteiger partial charge in [0.2, 0.25) is 0 Å². The summed E-state index contributed by atoms with van der Waals surface area (Å²) in [5.41, 5.74) is 6.72. The van der Waals surface area contributed by atoms with Crippen LogP contribution in [0, 0.1) is 0 Å². The third-order valence-corrected chi connectivity index (χ3v) is 4.21. The normalized spacial score (nSPS) is 22.8. The molecule has 1 aliphatic heterocycles. The molecule has 0 aromatic heterocycles. The first kappa shape index (κ1) is 12.8. The fourth-order valence-corrected chi connectivity index (χ4v) is 3.05. The Morgan fingerprint density at radius 2 is 1.74 bits per heavy atom. The summed E-state index contributed by atoms with van der Waals surface area (Å²) in [5.74, 6) is 1.46. The number of fused-ring (bicyclic) bond motifs is 1. The summed E-state index contributed by atoms with van der Waals surface area (Å²) in [6.45, 7) is 1.13. The number of nitrogens with two attached hydrogens (primary N) is 1. The van der Waals surface area contributed by atoms with Gasteiger partial charge in [-0.15, -0.1) is 0 Å². The van der Waals surface area contributed by atoms with Crippen LogP contribution in [-0.2, 0) is 0 Å². The van der Waals surface area contributed by atoms with Crippen LogP contribution in [0.5, 0.6) is 11.5 Å². The van der Waals surface area contributed by atoms with Crippen LogP contribution in [0.1, 0.15) is 43.8 Å². The zero-order valence-electron chi connectivity index (χ0n) is 11.1. The maximum atomic E-state index is 10.6. The fourth-order valence-electron chi connectivity index (χ4n) is 3.05. The van der Waals surface area contributed by atoms with Crippen molar-refractivity contribution in [3.63, 3.8) is 0 Å². The SMILES string of the molecule is NC1(C(O)c2ccc3c(c2)OCCO3)CCCCC1. The fraction of sp³-hybridized carbons (Fsp3) is 0.600. The molecule has 1 unspecified atom stereocenters. The number of benzene rings is 1. The van der Waals surface area contributed by atoms with Crippen molar-refractivity contribution >= 4 is 0 Å². The molecule has 1 atom stereocenters. The van der Waals surface area contributed by atoms with Gasteiger partial charge in [-0.2, -0.15) is 0 Å². The van der Waals surface area contributed by atoms with E-state index in [-0.39, 0.29) is 0 Å². The van der Waals surface area contributed by atoms with E-state index in [1.807, 2.05) is 18.2 Å². The summed E-state index contributed by atoms with van der Waals surface area (Å²) in [6, 6.07) is 5.61. The van der Waals surface area contributed by atoms with E-state index in [1.54, 1.807) is 0 Å². The van der Waals surface area contributed by atoms with Gasteiger partial charge in [-0.05, 0) is 30.5 Å². The Labute approximate surface area is 113 Å². The lowest BCUT2D eigenvalue weighted by molar-refractivity contribution is 0.0581. The monoisotopic (exact) mass is 263 g/mol. The van der Waals surface area contributed by atoms with E-state index in [1.165, 1.54) is 6.42 Å². The predicted molar refractivity (Wildman–Crippen MR) is 72.4 cm³/mol.